The molecule has 3 rings (SSSR count). The van der Waals surface area contributed by atoms with Gasteiger partial charge in [0.1, 0.15) is 5.75 Å². The van der Waals surface area contributed by atoms with Crippen molar-refractivity contribution in [3.05, 3.63) is 38.4 Å². The molecule has 0 saturated heterocycles. The monoisotopic (exact) mass is 486 g/mol. The number of fused-ring (bicyclic) bond motifs is 1. The van der Waals surface area contributed by atoms with Crippen molar-refractivity contribution in [2.24, 2.45) is 11.3 Å². The Bertz CT molecular complexity index is 697. The fraction of sp³-hybridized carbons (Fsp3) is 0.500. The maximum atomic E-state index is 6.37. The first-order valence-corrected chi connectivity index (χ1v) is 10.3. The summed E-state index contributed by atoms with van der Waals surface area (Å²) in [5.41, 5.74) is 0.426. The van der Waals surface area contributed by atoms with Crippen LogP contribution in [0.5, 0.6) is 5.75 Å². The molecule has 1 saturated carbocycles. The lowest BCUT2D eigenvalue weighted by atomic mass is 9.72. The SMILES string of the molecule is CC(C)(C)[C@H]1CC[C@H](Oc2ccc3cc(Br)ccc3c2I)CC1. The van der Waals surface area contributed by atoms with Crippen molar-refractivity contribution in [1.29, 1.82) is 0 Å². The Labute approximate surface area is 161 Å². The molecule has 0 atom stereocenters. The van der Waals surface area contributed by atoms with Crippen LogP contribution in [0.25, 0.3) is 10.8 Å². The van der Waals surface area contributed by atoms with Crippen molar-refractivity contribution in [3.63, 3.8) is 0 Å². The molecule has 0 radical (unpaired) electrons. The number of ether oxygens (including phenoxy) is 1. The predicted octanol–water partition coefficient (Wildman–Crippen LogP) is 7.19. The van der Waals surface area contributed by atoms with Gasteiger partial charge in [-0.25, -0.2) is 0 Å². The fourth-order valence-corrected chi connectivity index (χ4v) is 4.74. The Morgan fingerprint density at radius 2 is 1.74 bits per heavy atom. The Morgan fingerprint density at radius 3 is 2.39 bits per heavy atom. The maximum Gasteiger partial charge on any atom is 0.133 e. The van der Waals surface area contributed by atoms with E-state index in [2.05, 4.69) is 89.6 Å². The summed E-state index contributed by atoms with van der Waals surface area (Å²) >= 11 is 5.97. The predicted molar refractivity (Wildman–Crippen MR) is 110 cm³/mol. The molecule has 0 unspecified atom stereocenters. The van der Waals surface area contributed by atoms with Gasteiger partial charge in [-0.15, -0.1) is 0 Å². The van der Waals surface area contributed by atoms with Crippen molar-refractivity contribution in [1.82, 2.24) is 0 Å². The van der Waals surface area contributed by atoms with Crippen LogP contribution < -0.4 is 4.74 Å². The maximum absolute atomic E-state index is 6.37. The largest absolute Gasteiger partial charge is 0.489 e. The Hall–Kier alpha value is -0.290. The number of hydrogen-bond acceptors (Lipinski definition) is 1. The third kappa shape index (κ3) is 4.04. The van der Waals surface area contributed by atoms with Crippen LogP contribution >= 0.6 is 38.5 Å². The van der Waals surface area contributed by atoms with Gasteiger partial charge in [0, 0.05) is 4.47 Å². The van der Waals surface area contributed by atoms with E-state index in [0.29, 0.717) is 11.5 Å². The first kappa shape index (κ1) is 17.5. The van der Waals surface area contributed by atoms with Crippen molar-refractivity contribution in [3.8, 4) is 5.75 Å². The number of halogens is 2. The van der Waals surface area contributed by atoms with Gasteiger partial charge < -0.3 is 4.74 Å². The van der Waals surface area contributed by atoms with Crippen LogP contribution in [0.4, 0.5) is 0 Å². The molecule has 3 heteroatoms. The molecule has 1 aliphatic rings. The highest BCUT2D eigenvalue weighted by atomic mass is 127. The van der Waals surface area contributed by atoms with Crippen molar-refractivity contribution >= 4 is 49.3 Å². The standard InChI is InChI=1S/C20H24BrIO/c1-20(2,3)14-5-8-16(9-6-14)23-18-11-4-13-12-15(21)7-10-17(13)19(18)22/h4,7,10-12,14,16H,5-6,8-9H2,1-3H3/t14-,16-. The van der Waals surface area contributed by atoms with Crippen LogP contribution in [0.2, 0.25) is 0 Å². The molecular weight excluding hydrogens is 463 g/mol. The van der Waals surface area contributed by atoms with Crippen LogP contribution in [0, 0.1) is 14.9 Å². The summed E-state index contributed by atoms with van der Waals surface area (Å²) in [6.45, 7) is 7.09. The van der Waals surface area contributed by atoms with Gasteiger partial charge in [-0.1, -0.05) is 48.8 Å². The average Bonchev–Trinajstić information content (AvgIpc) is 2.50. The van der Waals surface area contributed by atoms with E-state index in [1.54, 1.807) is 0 Å². The topological polar surface area (TPSA) is 9.23 Å². The van der Waals surface area contributed by atoms with E-state index in [0.717, 1.165) is 16.1 Å². The zero-order valence-electron chi connectivity index (χ0n) is 14.0. The van der Waals surface area contributed by atoms with E-state index in [9.17, 15) is 0 Å². The lowest BCUT2D eigenvalue weighted by molar-refractivity contribution is 0.0878. The Balaban J connectivity index is 1.73. The molecule has 0 aromatic heterocycles. The van der Waals surface area contributed by atoms with E-state index < -0.39 is 0 Å². The molecule has 1 aliphatic carbocycles. The normalized spacial score (nSPS) is 22.3. The van der Waals surface area contributed by atoms with Crippen LogP contribution in [0.15, 0.2) is 34.8 Å². The number of rotatable bonds is 2. The minimum atomic E-state index is 0.370. The summed E-state index contributed by atoms with van der Waals surface area (Å²) in [6, 6.07) is 10.7. The fourth-order valence-electron chi connectivity index (χ4n) is 3.56. The molecule has 2 aromatic rings. The highest BCUT2D eigenvalue weighted by Gasteiger charge is 2.30. The van der Waals surface area contributed by atoms with E-state index in [-0.39, 0.29) is 0 Å². The van der Waals surface area contributed by atoms with Gasteiger partial charge >= 0.3 is 0 Å². The van der Waals surface area contributed by atoms with Crippen LogP contribution in [0.1, 0.15) is 46.5 Å². The van der Waals surface area contributed by atoms with Gasteiger partial charge in [0.05, 0.1) is 9.67 Å². The van der Waals surface area contributed by atoms with Crippen LogP contribution in [-0.4, -0.2) is 6.10 Å². The highest BCUT2D eigenvalue weighted by Crippen LogP contribution is 2.39. The molecule has 0 bridgehead atoms. The van der Waals surface area contributed by atoms with Gasteiger partial charge in [0.15, 0.2) is 0 Å². The molecule has 23 heavy (non-hydrogen) atoms. The second-order valence-corrected chi connectivity index (χ2v) is 9.70. The van der Waals surface area contributed by atoms with Gasteiger partial charge in [-0.3, -0.25) is 0 Å². The molecule has 124 valence electrons. The Kier molecular flexibility index (Phi) is 5.27. The molecule has 0 heterocycles. The highest BCUT2D eigenvalue weighted by molar-refractivity contribution is 14.1. The minimum Gasteiger partial charge on any atom is -0.489 e. The number of benzene rings is 2. The van der Waals surface area contributed by atoms with E-state index in [4.69, 9.17) is 4.74 Å². The first-order valence-electron chi connectivity index (χ1n) is 8.39. The number of hydrogen-bond donors (Lipinski definition) is 0. The second-order valence-electron chi connectivity index (χ2n) is 7.70. The van der Waals surface area contributed by atoms with Crippen molar-refractivity contribution < 1.29 is 4.74 Å². The van der Waals surface area contributed by atoms with Crippen LogP contribution in [-0.2, 0) is 0 Å². The van der Waals surface area contributed by atoms with E-state index in [1.165, 1.54) is 40.0 Å². The second kappa shape index (κ2) is 6.91. The molecule has 1 nitrogen and oxygen atoms in total. The first-order chi connectivity index (χ1) is 10.8. The van der Waals surface area contributed by atoms with E-state index >= 15 is 0 Å². The van der Waals surface area contributed by atoms with Gasteiger partial charge in [0.2, 0.25) is 0 Å². The zero-order chi connectivity index (χ0) is 16.6. The summed E-state index contributed by atoms with van der Waals surface area (Å²) in [7, 11) is 0. The molecule has 1 fully saturated rings. The quantitative estimate of drug-likeness (QED) is 0.408. The lowest BCUT2D eigenvalue weighted by Crippen LogP contribution is -2.30. The third-order valence-corrected chi connectivity index (χ3v) is 6.68. The van der Waals surface area contributed by atoms with Gasteiger partial charge in [0.25, 0.3) is 0 Å². The van der Waals surface area contributed by atoms with Crippen molar-refractivity contribution in [2.45, 2.75) is 52.6 Å². The average molecular weight is 487 g/mol. The summed E-state index contributed by atoms with van der Waals surface area (Å²) in [5.74, 6) is 1.87. The minimum absolute atomic E-state index is 0.370. The molecule has 0 spiro atoms. The summed E-state index contributed by atoms with van der Waals surface area (Å²) < 4.78 is 8.71. The van der Waals surface area contributed by atoms with E-state index in [1.807, 2.05) is 0 Å². The lowest BCUT2D eigenvalue weighted by Gasteiger charge is -2.37. The summed E-state index contributed by atoms with van der Waals surface area (Å²) in [4.78, 5) is 0. The molecule has 2 aromatic carbocycles. The van der Waals surface area contributed by atoms with Gasteiger partial charge in [-0.05, 0) is 88.6 Å². The van der Waals surface area contributed by atoms with Gasteiger partial charge in [-0.2, -0.15) is 0 Å². The van der Waals surface area contributed by atoms with Crippen LogP contribution in [0.3, 0.4) is 0 Å². The van der Waals surface area contributed by atoms with Crippen molar-refractivity contribution in [2.75, 3.05) is 0 Å². The molecule has 0 amide bonds. The zero-order valence-corrected chi connectivity index (χ0v) is 17.8. The summed E-state index contributed by atoms with van der Waals surface area (Å²) in [6.07, 6.45) is 5.29. The molecule has 0 N–H and O–H groups in total. The molecular formula is C20H24BrIO. The third-order valence-electron chi connectivity index (χ3n) is 5.07. The summed E-state index contributed by atoms with van der Waals surface area (Å²) in [5, 5.41) is 2.53. The molecule has 0 aliphatic heterocycles. The Morgan fingerprint density at radius 1 is 1.04 bits per heavy atom. The smallest absolute Gasteiger partial charge is 0.133 e.